The first-order chi connectivity index (χ1) is 12.9. The van der Waals surface area contributed by atoms with Gasteiger partial charge in [0.2, 0.25) is 5.91 Å². The maximum absolute atomic E-state index is 13.4. The molecule has 1 aliphatic rings. The summed E-state index contributed by atoms with van der Waals surface area (Å²) in [6.45, 7) is 8.08. The number of hydrogen-bond acceptors (Lipinski definition) is 1. The Hall–Kier alpha value is -1.94. The zero-order chi connectivity index (χ0) is 19.6. The lowest BCUT2D eigenvalue weighted by Crippen LogP contribution is -2.51. The predicted octanol–water partition coefficient (Wildman–Crippen LogP) is 6.17. The van der Waals surface area contributed by atoms with Gasteiger partial charge in [0.1, 0.15) is 5.82 Å². The molecule has 0 spiro atoms. The van der Waals surface area contributed by atoms with Crippen molar-refractivity contribution in [2.24, 2.45) is 0 Å². The van der Waals surface area contributed by atoms with E-state index in [1.54, 1.807) is 0 Å². The number of carbonyl (C=O) groups excluding carboxylic acids is 1. The summed E-state index contributed by atoms with van der Waals surface area (Å²) in [5.41, 5.74) is 1.82. The number of benzene rings is 2. The summed E-state index contributed by atoms with van der Waals surface area (Å²) in [5.74, 6) is -0.122. The Kier molecular flexibility index (Phi) is 5.85. The van der Waals surface area contributed by atoms with E-state index in [9.17, 15) is 9.18 Å². The van der Waals surface area contributed by atoms with E-state index in [0.717, 1.165) is 22.0 Å². The summed E-state index contributed by atoms with van der Waals surface area (Å²) in [5, 5.41) is 0. The molecule has 2 aromatic carbocycles. The SMILES string of the molecule is C=CCC1(c2ccc(F)cc2)CC(=O)N([C@@H](C)c2ccc(Br)cc2)C(C)C1. The van der Waals surface area contributed by atoms with E-state index < -0.39 is 0 Å². The minimum absolute atomic E-state index is 0.00977. The first kappa shape index (κ1) is 19.8. The highest BCUT2D eigenvalue weighted by Crippen LogP contribution is 2.44. The Morgan fingerprint density at radius 1 is 1.26 bits per heavy atom. The second-order valence-corrected chi connectivity index (χ2v) is 8.45. The fraction of sp³-hybridized carbons (Fsp3) is 0.348. The van der Waals surface area contributed by atoms with E-state index in [2.05, 4.69) is 48.5 Å². The number of allylic oxidation sites excluding steroid dienone is 1. The van der Waals surface area contributed by atoms with E-state index in [-0.39, 0.29) is 29.2 Å². The standard InChI is InChI=1S/C23H25BrFNO/c1-4-13-23(19-7-11-21(25)12-8-19)14-16(2)26(22(27)15-23)17(3)18-5-9-20(24)10-6-18/h4-12,16-17H,1,13-15H2,2-3H3/t16?,17-,23?/m0/s1. The van der Waals surface area contributed by atoms with Crippen LogP contribution in [-0.2, 0) is 10.2 Å². The molecule has 0 bridgehead atoms. The summed E-state index contributed by atoms with van der Waals surface area (Å²) < 4.78 is 14.4. The quantitative estimate of drug-likeness (QED) is 0.519. The second-order valence-electron chi connectivity index (χ2n) is 7.54. The molecule has 1 fully saturated rings. The third-order valence-electron chi connectivity index (χ3n) is 5.70. The Morgan fingerprint density at radius 2 is 1.89 bits per heavy atom. The molecule has 2 unspecified atom stereocenters. The van der Waals surface area contributed by atoms with Crippen LogP contribution in [0.3, 0.4) is 0 Å². The zero-order valence-electron chi connectivity index (χ0n) is 15.8. The molecule has 1 amide bonds. The van der Waals surface area contributed by atoms with Crippen molar-refractivity contribution < 1.29 is 9.18 Å². The smallest absolute Gasteiger partial charge is 0.224 e. The third kappa shape index (κ3) is 4.01. The Balaban J connectivity index is 1.90. The molecule has 27 heavy (non-hydrogen) atoms. The Morgan fingerprint density at radius 3 is 2.44 bits per heavy atom. The molecule has 2 nitrogen and oxygen atoms in total. The van der Waals surface area contributed by atoms with Crippen molar-refractivity contribution in [2.75, 3.05) is 0 Å². The van der Waals surface area contributed by atoms with Gasteiger partial charge in [-0.1, -0.05) is 46.3 Å². The summed E-state index contributed by atoms with van der Waals surface area (Å²) in [4.78, 5) is 15.2. The number of nitrogens with zero attached hydrogens (tertiary/aromatic N) is 1. The summed E-state index contributed by atoms with van der Waals surface area (Å²) in [7, 11) is 0. The third-order valence-corrected chi connectivity index (χ3v) is 6.23. The highest BCUT2D eigenvalue weighted by molar-refractivity contribution is 9.10. The summed E-state index contributed by atoms with van der Waals surface area (Å²) in [6, 6.07) is 14.8. The van der Waals surface area contributed by atoms with Crippen molar-refractivity contribution in [1.82, 2.24) is 4.90 Å². The summed E-state index contributed by atoms with van der Waals surface area (Å²) >= 11 is 3.46. The average Bonchev–Trinajstić information content (AvgIpc) is 2.62. The van der Waals surface area contributed by atoms with Gasteiger partial charge in [0.15, 0.2) is 0 Å². The van der Waals surface area contributed by atoms with Crippen molar-refractivity contribution in [2.45, 2.75) is 50.6 Å². The maximum Gasteiger partial charge on any atom is 0.224 e. The largest absolute Gasteiger partial charge is 0.333 e. The molecular formula is C23H25BrFNO. The van der Waals surface area contributed by atoms with Crippen molar-refractivity contribution in [3.05, 3.63) is 82.6 Å². The highest BCUT2D eigenvalue weighted by Gasteiger charge is 2.44. The topological polar surface area (TPSA) is 20.3 Å². The Labute approximate surface area is 169 Å². The minimum Gasteiger partial charge on any atom is -0.333 e. The lowest BCUT2D eigenvalue weighted by atomic mass is 9.68. The van der Waals surface area contributed by atoms with E-state index in [1.807, 2.05) is 35.2 Å². The van der Waals surface area contributed by atoms with Crippen molar-refractivity contribution in [3.8, 4) is 0 Å². The van der Waals surface area contributed by atoms with Gasteiger partial charge in [0.25, 0.3) is 0 Å². The van der Waals surface area contributed by atoms with Gasteiger partial charge in [-0.3, -0.25) is 4.79 Å². The molecule has 1 aliphatic heterocycles. The lowest BCUT2D eigenvalue weighted by Gasteiger charge is -2.47. The number of amides is 1. The van der Waals surface area contributed by atoms with Crippen LogP contribution in [-0.4, -0.2) is 16.8 Å². The normalized spacial score (nSPS) is 23.9. The van der Waals surface area contributed by atoms with Crippen LogP contribution in [0.15, 0.2) is 65.7 Å². The van der Waals surface area contributed by atoms with Crippen molar-refractivity contribution in [1.29, 1.82) is 0 Å². The van der Waals surface area contributed by atoms with Crippen LogP contribution in [0.4, 0.5) is 4.39 Å². The number of likely N-dealkylation sites (tertiary alicyclic amines) is 1. The van der Waals surface area contributed by atoms with Crippen LogP contribution in [0.1, 0.15) is 50.3 Å². The van der Waals surface area contributed by atoms with E-state index in [1.165, 1.54) is 12.1 Å². The van der Waals surface area contributed by atoms with Gasteiger partial charge >= 0.3 is 0 Å². The predicted molar refractivity (Wildman–Crippen MR) is 111 cm³/mol. The molecule has 1 heterocycles. The molecule has 0 N–H and O–H groups in total. The number of carbonyl (C=O) groups is 1. The number of rotatable bonds is 5. The zero-order valence-corrected chi connectivity index (χ0v) is 17.4. The molecule has 142 valence electrons. The van der Waals surface area contributed by atoms with Gasteiger partial charge in [0.05, 0.1) is 6.04 Å². The number of halogens is 2. The van der Waals surface area contributed by atoms with Gasteiger partial charge in [-0.15, -0.1) is 6.58 Å². The van der Waals surface area contributed by atoms with E-state index >= 15 is 0 Å². The van der Waals surface area contributed by atoms with Gasteiger partial charge in [-0.2, -0.15) is 0 Å². The molecule has 3 atom stereocenters. The van der Waals surface area contributed by atoms with Crippen LogP contribution >= 0.6 is 15.9 Å². The van der Waals surface area contributed by atoms with Crippen LogP contribution in [0.25, 0.3) is 0 Å². The van der Waals surface area contributed by atoms with Gasteiger partial charge in [0, 0.05) is 22.4 Å². The first-order valence-electron chi connectivity index (χ1n) is 9.30. The number of piperidine rings is 1. The molecule has 0 aliphatic carbocycles. The van der Waals surface area contributed by atoms with Crippen molar-refractivity contribution in [3.63, 3.8) is 0 Å². The van der Waals surface area contributed by atoms with E-state index in [0.29, 0.717) is 12.8 Å². The minimum atomic E-state index is -0.318. The van der Waals surface area contributed by atoms with Crippen molar-refractivity contribution >= 4 is 21.8 Å². The maximum atomic E-state index is 13.4. The van der Waals surface area contributed by atoms with Crippen LogP contribution in [0, 0.1) is 5.82 Å². The van der Waals surface area contributed by atoms with Crippen LogP contribution < -0.4 is 0 Å². The Bertz CT molecular complexity index is 817. The van der Waals surface area contributed by atoms with Crippen LogP contribution in [0.5, 0.6) is 0 Å². The molecule has 3 rings (SSSR count). The molecule has 1 saturated heterocycles. The molecular weight excluding hydrogens is 405 g/mol. The highest BCUT2D eigenvalue weighted by atomic mass is 79.9. The first-order valence-corrected chi connectivity index (χ1v) is 10.1. The molecule has 4 heteroatoms. The van der Waals surface area contributed by atoms with Gasteiger partial charge < -0.3 is 4.90 Å². The fourth-order valence-electron chi connectivity index (χ4n) is 4.44. The summed E-state index contributed by atoms with van der Waals surface area (Å²) in [6.07, 6.45) is 3.82. The fourth-order valence-corrected chi connectivity index (χ4v) is 4.70. The molecule has 0 saturated carbocycles. The lowest BCUT2D eigenvalue weighted by molar-refractivity contribution is -0.142. The van der Waals surface area contributed by atoms with E-state index in [4.69, 9.17) is 0 Å². The molecule has 0 radical (unpaired) electrons. The van der Waals surface area contributed by atoms with Gasteiger partial charge in [-0.05, 0) is 62.1 Å². The second kappa shape index (κ2) is 7.97. The molecule has 0 aromatic heterocycles. The number of hydrogen-bond donors (Lipinski definition) is 0. The van der Waals surface area contributed by atoms with Gasteiger partial charge in [-0.25, -0.2) is 4.39 Å². The monoisotopic (exact) mass is 429 g/mol. The molecule has 2 aromatic rings. The average molecular weight is 430 g/mol. The van der Waals surface area contributed by atoms with Crippen LogP contribution in [0.2, 0.25) is 0 Å².